The van der Waals surface area contributed by atoms with Gasteiger partial charge in [-0.1, -0.05) is 12.1 Å². The lowest BCUT2D eigenvalue weighted by molar-refractivity contribution is -0.141. The zero-order valence-corrected chi connectivity index (χ0v) is 12.3. The molecule has 1 heterocycles. The molecule has 20 heavy (non-hydrogen) atoms. The van der Waals surface area contributed by atoms with Crippen LogP contribution in [0.15, 0.2) is 18.3 Å². The topological polar surface area (TPSA) is 51.5 Å². The molecule has 0 radical (unpaired) electrons. The van der Waals surface area contributed by atoms with Gasteiger partial charge in [0.25, 0.3) is 0 Å². The fourth-order valence-corrected chi connectivity index (χ4v) is 2.68. The van der Waals surface area contributed by atoms with E-state index in [0.29, 0.717) is 0 Å². The molecular formula is C16H21NO3. The Balaban J connectivity index is 2.57. The summed E-state index contributed by atoms with van der Waals surface area (Å²) in [5.74, 6) is -0.253. The number of carbonyl (C=O) groups excluding carboxylic acids is 1. The number of benzene rings is 1. The molecule has 4 nitrogen and oxygen atoms in total. The van der Waals surface area contributed by atoms with Crippen LogP contribution in [0.1, 0.15) is 23.1 Å². The molecular weight excluding hydrogens is 254 g/mol. The second-order valence-electron chi connectivity index (χ2n) is 5.11. The van der Waals surface area contributed by atoms with Crippen molar-refractivity contribution in [1.29, 1.82) is 0 Å². The van der Waals surface area contributed by atoms with Gasteiger partial charge in [0.2, 0.25) is 0 Å². The van der Waals surface area contributed by atoms with E-state index < -0.39 is 0 Å². The number of carbonyl (C=O) groups is 1. The van der Waals surface area contributed by atoms with Crippen molar-refractivity contribution in [1.82, 2.24) is 4.57 Å². The molecule has 0 aliphatic rings. The molecule has 0 spiro atoms. The van der Waals surface area contributed by atoms with Crippen LogP contribution in [0.2, 0.25) is 0 Å². The maximum absolute atomic E-state index is 11.6. The predicted molar refractivity (Wildman–Crippen MR) is 78.8 cm³/mol. The van der Waals surface area contributed by atoms with Gasteiger partial charge in [-0.05, 0) is 43.4 Å². The number of aliphatic hydroxyl groups excluding tert-OH is 1. The Kier molecular flexibility index (Phi) is 4.45. The van der Waals surface area contributed by atoms with Gasteiger partial charge >= 0.3 is 5.97 Å². The van der Waals surface area contributed by atoms with Gasteiger partial charge in [0.1, 0.15) is 6.54 Å². The van der Waals surface area contributed by atoms with E-state index >= 15 is 0 Å². The van der Waals surface area contributed by atoms with Crippen molar-refractivity contribution < 1.29 is 14.6 Å². The van der Waals surface area contributed by atoms with Crippen molar-refractivity contribution in [3.63, 3.8) is 0 Å². The van der Waals surface area contributed by atoms with E-state index in [4.69, 9.17) is 9.84 Å². The van der Waals surface area contributed by atoms with Crippen LogP contribution in [0.3, 0.4) is 0 Å². The molecule has 0 saturated carbocycles. The lowest BCUT2D eigenvalue weighted by Gasteiger charge is -2.07. The highest BCUT2D eigenvalue weighted by atomic mass is 16.5. The van der Waals surface area contributed by atoms with E-state index in [0.717, 1.165) is 23.9 Å². The molecule has 1 aromatic heterocycles. The van der Waals surface area contributed by atoms with E-state index in [1.54, 1.807) is 0 Å². The van der Waals surface area contributed by atoms with Crippen LogP contribution in [0.25, 0.3) is 10.9 Å². The van der Waals surface area contributed by atoms with Gasteiger partial charge < -0.3 is 14.4 Å². The van der Waals surface area contributed by atoms with Crippen LogP contribution in [0, 0.1) is 13.8 Å². The number of aromatic nitrogens is 1. The molecule has 1 aromatic carbocycles. The Morgan fingerprint density at radius 3 is 2.65 bits per heavy atom. The average Bonchev–Trinajstić information content (AvgIpc) is 2.80. The van der Waals surface area contributed by atoms with E-state index in [2.05, 4.69) is 19.1 Å². The summed E-state index contributed by atoms with van der Waals surface area (Å²) in [5, 5.41) is 10.2. The minimum atomic E-state index is -0.253. The molecule has 0 aliphatic heterocycles. The third-order valence-electron chi connectivity index (χ3n) is 3.64. The maximum atomic E-state index is 11.6. The van der Waals surface area contributed by atoms with Crippen molar-refractivity contribution in [2.45, 2.75) is 33.2 Å². The SMILES string of the molecule is COC(=O)Cn1cc(CCCO)c2c(C)ccc(C)c21. The fourth-order valence-electron chi connectivity index (χ4n) is 2.68. The quantitative estimate of drug-likeness (QED) is 0.852. The number of hydrogen-bond acceptors (Lipinski definition) is 3. The van der Waals surface area contributed by atoms with E-state index in [9.17, 15) is 4.79 Å². The highest BCUT2D eigenvalue weighted by Crippen LogP contribution is 2.28. The van der Waals surface area contributed by atoms with E-state index in [1.807, 2.05) is 17.7 Å². The number of aryl methyl sites for hydroxylation is 3. The van der Waals surface area contributed by atoms with Crippen LogP contribution >= 0.6 is 0 Å². The first kappa shape index (κ1) is 14.6. The lowest BCUT2D eigenvalue weighted by atomic mass is 10.0. The summed E-state index contributed by atoms with van der Waals surface area (Å²) in [7, 11) is 1.40. The zero-order chi connectivity index (χ0) is 14.7. The third-order valence-corrected chi connectivity index (χ3v) is 3.64. The van der Waals surface area contributed by atoms with Crippen molar-refractivity contribution in [3.05, 3.63) is 35.0 Å². The molecule has 0 atom stereocenters. The number of ether oxygens (including phenoxy) is 1. The van der Waals surface area contributed by atoms with Crippen LogP contribution < -0.4 is 0 Å². The zero-order valence-electron chi connectivity index (χ0n) is 12.3. The highest BCUT2D eigenvalue weighted by Gasteiger charge is 2.14. The van der Waals surface area contributed by atoms with Gasteiger partial charge in [0.15, 0.2) is 0 Å². The average molecular weight is 275 g/mol. The normalized spacial score (nSPS) is 11.0. The van der Waals surface area contributed by atoms with Crippen molar-refractivity contribution >= 4 is 16.9 Å². The molecule has 0 saturated heterocycles. The number of nitrogens with zero attached hydrogens (tertiary/aromatic N) is 1. The van der Waals surface area contributed by atoms with Crippen LogP contribution in [-0.4, -0.2) is 29.4 Å². The summed E-state index contributed by atoms with van der Waals surface area (Å²) in [6, 6.07) is 4.17. The first-order valence-electron chi connectivity index (χ1n) is 6.84. The van der Waals surface area contributed by atoms with E-state index in [-0.39, 0.29) is 19.1 Å². The van der Waals surface area contributed by atoms with Crippen molar-refractivity contribution in [3.8, 4) is 0 Å². The number of aliphatic hydroxyl groups is 1. The van der Waals surface area contributed by atoms with Gasteiger partial charge in [-0.25, -0.2) is 0 Å². The molecule has 1 N–H and O–H groups in total. The van der Waals surface area contributed by atoms with Crippen LogP contribution in [0.4, 0.5) is 0 Å². The number of esters is 1. The molecule has 0 aliphatic carbocycles. The highest BCUT2D eigenvalue weighted by molar-refractivity contribution is 5.90. The van der Waals surface area contributed by atoms with Gasteiger partial charge in [0.05, 0.1) is 12.6 Å². The second kappa shape index (κ2) is 6.09. The Morgan fingerprint density at radius 2 is 2.00 bits per heavy atom. The summed E-state index contributed by atoms with van der Waals surface area (Å²) in [6.07, 6.45) is 3.55. The Hall–Kier alpha value is -1.81. The summed E-state index contributed by atoms with van der Waals surface area (Å²) < 4.78 is 6.72. The van der Waals surface area contributed by atoms with Crippen molar-refractivity contribution in [2.75, 3.05) is 13.7 Å². The number of rotatable bonds is 5. The second-order valence-corrected chi connectivity index (χ2v) is 5.11. The first-order chi connectivity index (χ1) is 9.58. The minimum absolute atomic E-state index is 0.175. The Morgan fingerprint density at radius 1 is 1.30 bits per heavy atom. The summed E-state index contributed by atoms with van der Waals surface area (Å²) in [4.78, 5) is 11.6. The third kappa shape index (κ3) is 2.70. The Bertz CT molecular complexity index is 628. The molecule has 108 valence electrons. The fraction of sp³-hybridized carbons (Fsp3) is 0.438. The Labute approximate surface area is 119 Å². The van der Waals surface area contributed by atoms with Gasteiger partial charge in [-0.2, -0.15) is 0 Å². The molecule has 0 amide bonds. The largest absolute Gasteiger partial charge is 0.468 e. The summed E-state index contributed by atoms with van der Waals surface area (Å²) in [6.45, 7) is 4.52. The van der Waals surface area contributed by atoms with Crippen molar-refractivity contribution in [2.24, 2.45) is 0 Å². The van der Waals surface area contributed by atoms with Gasteiger partial charge in [-0.3, -0.25) is 4.79 Å². The summed E-state index contributed by atoms with van der Waals surface area (Å²) >= 11 is 0. The van der Waals surface area contributed by atoms with Gasteiger partial charge in [0, 0.05) is 18.2 Å². The van der Waals surface area contributed by atoms with Crippen LogP contribution in [0.5, 0.6) is 0 Å². The molecule has 4 heteroatoms. The number of hydrogen-bond donors (Lipinski definition) is 1. The summed E-state index contributed by atoms with van der Waals surface area (Å²) in [5.41, 5.74) is 4.61. The molecule has 2 aromatic rings. The molecule has 2 rings (SSSR count). The lowest BCUT2D eigenvalue weighted by Crippen LogP contribution is -2.10. The van der Waals surface area contributed by atoms with Gasteiger partial charge in [-0.15, -0.1) is 0 Å². The standard InChI is InChI=1S/C16H21NO3/c1-11-6-7-12(2)16-15(11)13(5-4-8-18)9-17(16)10-14(19)20-3/h6-7,9,18H,4-5,8,10H2,1-3H3. The van der Waals surface area contributed by atoms with E-state index in [1.165, 1.54) is 23.6 Å². The predicted octanol–water partition coefficient (Wildman–Crippen LogP) is 2.36. The molecule has 0 bridgehead atoms. The minimum Gasteiger partial charge on any atom is -0.468 e. The maximum Gasteiger partial charge on any atom is 0.325 e. The first-order valence-corrected chi connectivity index (χ1v) is 6.84. The van der Waals surface area contributed by atoms with Crippen LogP contribution in [-0.2, 0) is 22.5 Å². The number of fused-ring (bicyclic) bond motifs is 1. The monoisotopic (exact) mass is 275 g/mol. The number of methoxy groups -OCH3 is 1. The molecule has 0 unspecified atom stereocenters. The molecule has 0 fully saturated rings. The smallest absolute Gasteiger partial charge is 0.325 e.